The first-order chi connectivity index (χ1) is 7.09. The number of nitrogens with zero attached hydrogens (tertiary/aromatic N) is 1. The zero-order valence-electron chi connectivity index (χ0n) is 9.79. The molecule has 0 aromatic carbocycles. The SMILES string of the molecule is CC(=O)CC(=O)N(C)CCC1CCCC1. The normalized spacial score (nSPS) is 16.7. The van der Waals surface area contributed by atoms with Crippen LogP contribution in [0.15, 0.2) is 0 Å². The van der Waals surface area contributed by atoms with Crippen LogP contribution < -0.4 is 0 Å². The first-order valence-electron chi connectivity index (χ1n) is 5.83. The Morgan fingerprint density at radius 2 is 1.87 bits per heavy atom. The van der Waals surface area contributed by atoms with Crippen molar-refractivity contribution in [2.45, 2.75) is 45.4 Å². The zero-order valence-corrected chi connectivity index (χ0v) is 9.79. The van der Waals surface area contributed by atoms with Gasteiger partial charge in [0, 0.05) is 13.6 Å². The summed E-state index contributed by atoms with van der Waals surface area (Å²) in [6.07, 6.45) is 6.47. The van der Waals surface area contributed by atoms with Gasteiger partial charge < -0.3 is 4.90 Å². The molecule has 1 rings (SSSR count). The minimum absolute atomic E-state index is 0.0412. The van der Waals surface area contributed by atoms with Crippen LogP contribution in [0.25, 0.3) is 0 Å². The molecule has 86 valence electrons. The highest BCUT2D eigenvalue weighted by Gasteiger charge is 2.17. The van der Waals surface area contributed by atoms with Gasteiger partial charge in [0.05, 0.1) is 6.42 Å². The monoisotopic (exact) mass is 211 g/mol. The van der Waals surface area contributed by atoms with Crippen molar-refractivity contribution in [3.05, 3.63) is 0 Å². The molecule has 0 bridgehead atoms. The Hall–Kier alpha value is -0.860. The molecule has 0 atom stereocenters. The number of rotatable bonds is 5. The number of Topliss-reactive ketones (excluding diaryl/α,β-unsaturated/α-hetero) is 1. The molecule has 1 saturated carbocycles. The molecule has 0 saturated heterocycles. The van der Waals surface area contributed by atoms with Crippen LogP contribution in [-0.4, -0.2) is 30.2 Å². The van der Waals surface area contributed by atoms with Crippen molar-refractivity contribution in [1.82, 2.24) is 4.90 Å². The van der Waals surface area contributed by atoms with Gasteiger partial charge in [0.2, 0.25) is 5.91 Å². The summed E-state index contributed by atoms with van der Waals surface area (Å²) in [7, 11) is 1.79. The lowest BCUT2D eigenvalue weighted by molar-refractivity contribution is -0.133. The molecule has 0 N–H and O–H groups in total. The molecule has 0 aromatic rings. The molecule has 3 heteroatoms. The van der Waals surface area contributed by atoms with Gasteiger partial charge in [-0.3, -0.25) is 9.59 Å². The Labute approximate surface area is 91.8 Å². The molecular weight excluding hydrogens is 190 g/mol. The van der Waals surface area contributed by atoms with Crippen LogP contribution in [0.4, 0.5) is 0 Å². The van der Waals surface area contributed by atoms with E-state index < -0.39 is 0 Å². The molecule has 1 aliphatic rings. The summed E-state index contributed by atoms with van der Waals surface area (Å²) < 4.78 is 0. The Morgan fingerprint density at radius 1 is 1.27 bits per heavy atom. The van der Waals surface area contributed by atoms with Gasteiger partial charge in [-0.25, -0.2) is 0 Å². The third kappa shape index (κ3) is 4.45. The van der Waals surface area contributed by atoms with E-state index in [-0.39, 0.29) is 18.1 Å². The number of ketones is 1. The minimum Gasteiger partial charge on any atom is -0.345 e. The van der Waals surface area contributed by atoms with Crippen LogP contribution in [0.3, 0.4) is 0 Å². The van der Waals surface area contributed by atoms with E-state index in [1.807, 2.05) is 0 Å². The van der Waals surface area contributed by atoms with Crippen molar-refractivity contribution in [3.8, 4) is 0 Å². The molecule has 0 heterocycles. The number of hydrogen-bond acceptors (Lipinski definition) is 2. The fourth-order valence-electron chi connectivity index (χ4n) is 2.15. The molecule has 1 amide bonds. The van der Waals surface area contributed by atoms with Gasteiger partial charge in [-0.2, -0.15) is 0 Å². The predicted octanol–water partition coefficient (Wildman–Crippen LogP) is 2.00. The maximum Gasteiger partial charge on any atom is 0.229 e. The van der Waals surface area contributed by atoms with Gasteiger partial charge in [-0.15, -0.1) is 0 Å². The number of carbonyl (C=O) groups is 2. The van der Waals surface area contributed by atoms with Crippen molar-refractivity contribution < 1.29 is 9.59 Å². The van der Waals surface area contributed by atoms with Crippen molar-refractivity contribution in [2.75, 3.05) is 13.6 Å². The van der Waals surface area contributed by atoms with E-state index in [2.05, 4.69) is 0 Å². The van der Waals surface area contributed by atoms with E-state index in [4.69, 9.17) is 0 Å². The highest BCUT2D eigenvalue weighted by molar-refractivity contribution is 5.96. The van der Waals surface area contributed by atoms with Gasteiger partial charge in [-0.05, 0) is 19.3 Å². The van der Waals surface area contributed by atoms with Crippen LogP contribution in [0.5, 0.6) is 0 Å². The minimum atomic E-state index is -0.0484. The highest BCUT2D eigenvalue weighted by atomic mass is 16.2. The Morgan fingerprint density at radius 3 is 2.40 bits per heavy atom. The second kappa shape index (κ2) is 5.89. The second-order valence-electron chi connectivity index (χ2n) is 4.63. The zero-order chi connectivity index (χ0) is 11.3. The summed E-state index contributed by atoms with van der Waals surface area (Å²) in [6.45, 7) is 2.26. The largest absolute Gasteiger partial charge is 0.345 e. The molecule has 1 fully saturated rings. The molecule has 0 unspecified atom stereocenters. The van der Waals surface area contributed by atoms with E-state index in [1.54, 1.807) is 11.9 Å². The molecule has 0 aliphatic heterocycles. The summed E-state index contributed by atoms with van der Waals surface area (Å²) in [4.78, 5) is 23.9. The maximum absolute atomic E-state index is 11.5. The summed E-state index contributed by atoms with van der Waals surface area (Å²) in [5, 5.41) is 0. The van der Waals surface area contributed by atoms with Crippen molar-refractivity contribution in [1.29, 1.82) is 0 Å². The number of hydrogen-bond donors (Lipinski definition) is 0. The van der Waals surface area contributed by atoms with E-state index in [1.165, 1.54) is 32.6 Å². The lowest BCUT2D eigenvalue weighted by atomic mass is 10.0. The molecule has 0 radical (unpaired) electrons. The van der Waals surface area contributed by atoms with Crippen molar-refractivity contribution in [3.63, 3.8) is 0 Å². The van der Waals surface area contributed by atoms with Crippen LogP contribution in [-0.2, 0) is 9.59 Å². The highest BCUT2D eigenvalue weighted by Crippen LogP contribution is 2.27. The number of carbonyl (C=O) groups excluding carboxylic acids is 2. The fraction of sp³-hybridized carbons (Fsp3) is 0.833. The lowest BCUT2D eigenvalue weighted by Gasteiger charge is -2.18. The summed E-state index contributed by atoms with van der Waals surface area (Å²) in [6, 6.07) is 0. The van der Waals surface area contributed by atoms with Crippen LogP contribution in [0, 0.1) is 5.92 Å². The van der Waals surface area contributed by atoms with Crippen LogP contribution in [0.2, 0.25) is 0 Å². The van der Waals surface area contributed by atoms with E-state index >= 15 is 0 Å². The predicted molar refractivity (Wildman–Crippen MR) is 59.5 cm³/mol. The first kappa shape index (κ1) is 12.2. The van der Waals surface area contributed by atoms with Gasteiger partial charge in [0.1, 0.15) is 5.78 Å². The molecule has 1 aliphatic carbocycles. The average Bonchev–Trinajstić information content (AvgIpc) is 2.65. The maximum atomic E-state index is 11.5. The molecule has 0 spiro atoms. The summed E-state index contributed by atoms with van der Waals surface area (Å²) in [5.41, 5.74) is 0. The van der Waals surface area contributed by atoms with E-state index in [9.17, 15) is 9.59 Å². The summed E-state index contributed by atoms with van der Waals surface area (Å²) >= 11 is 0. The second-order valence-corrected chi connectivity index (χ2v) is 4.63. The Bertz CT molecular complexity index is 232. The van der Waals surface area contributed by atoms with Crippen LogP contribution >= 0.6 is 0 Å². The molecule has 3 nitrogen and oxygen atoms in total. The summed E-state index contributed by atoms with van der Waals surface area (Å²) in [5.74, 6) is 0.714. The van der Waals surface area contributed by atoms with Gasteiger partial charge >= 0.3 is 0 Å². The molecular formula is C12H21NO2. The third-order valence-corrected chi connectivity index (χ3v) is 3.17. The third-order valence-electron chi connectivity index (χ3n) is 3.17. The van der Waals surface area contributed by atoms with Crippen molar-refractivity contribution >= 4 is 11.7 Å². The lowest BCUT2D eigenvalue weighted by Crippen LogP contribution is -2.29. The first-order valence-corrected chi connectivity index (χ1v) is 5.83. The van der Waals surface area contributed by atoms with Crippen molar-refractivity contribution in [2.24, 2.45) is 5.92 Å². The van der Waals surface area contributed by atoms with Crippen LogP contribution in [0.1, 0.15) is 45.4 Å². The quantitative estimate of drug-likeness (QED) is 0.652. The smallest absolute Gasteiger partial charge is 0.229 e. The standard InChI is InChI=1S/C12H21NO2/c1-10(14)9-12(15)13(2)8-7-11-5-3-4-6-11/h11H,3-9H2,1-2H3. The van der Waals surface area contributed by atoms with Gasteiger partial charge in [0.15, 0.2) is 0 Å². The average molecular weight is 211 g/mol. The topological polar surface area (TPSA) is 37.4 Å². The molecule has 15 heavy (non-hydrogen) atoms. The van der Waals surface area contributed by atoms with E-state index in [0.717, 1.165) is 18.9 Å². The Kier molecular flexibility index (Phi) is 4.79. The molecule has 0 aromatic heterocycles. The van der Waals surface area contributed by atoms with E-state index in [0.29, 0.717) is 0 Å². The Balaban J connectivity index is 2.19. The van der Waals surface area contributed by atoms with Gasteiger partial charge in [0.25, 0.3) is 0 Å². The number of amides is 1. The fourth-order valence-corrected chi connectivity index (χ4v) is 2.15. The van der Waals surface area contributed by atoms with Gasteiger partial charge in [-0.1, -0.05) is 25.7 Å².